The molecule has 9 heteroatoms. The number of fused-ring (bicyclic) bond motifs is 1. The van der Waals surface area contributed by atoms with E-state index in [1.807, 2.05) is 0 Å². The van der Waals surface area contributed by atoms with Crippen molar-refractivity contribution in [2.24, 2.45) is 0 Å². The van der Waals surface area contributed by atoms with Crippen molar-refractivity contribution in [1.29, 1.82) is 0 Å². The molecule has 24 heavy (non-hydrogen) atoms. The molecule has 0 amide bonds. The summed E-state index contributed by atoms with van der Waals surface area (Å²) in [6.07, 6.45) is 2.95. The van der Waals surface area contributed by atoms with Gasteiger partial charge in [-0.25, -0.2) is 15.0 Å². The average Bonchev–Trinajstić information content (AvgIpc) is 3.08. The number of methoxy groups -OCH3 is 3. The fourth-order valence-corrected chi connectivity index (χ4v) is 2.44. The first-order valence-corrected chi connectivity index (χ1v) is 7.08. The fraction of sp³-hybridized carbons (Fsp3) is 0.267. The second kappa shape index (κ2) is 6.49. The smallest absolute Gasteiger partial charge is 0.203 e. The number of hydrogen-bond donors (Lipinski definition) is 3. The standard InChI is InChI=1S/C15H17N5O4/c1-22-10-4-9(21)8(12(23-2)13(10)24-3)5-16-14-11-15(18-6-17-11)20-7-19-14/h4,6-7,21H,5H2,1-3H3,(H2,16,17,18,19,20). The number of nitrogens with zero attached hydrogens (tertiary/aromatic N) is 3. The molecule has 0 bridgehead atoms. The number of hydrogen-bond acceptors (Lipinski definition) is 8. The summed E-state index contributed by atoms with van der Waals surface area (Å²) < 4.78 is 15.9. The Balaban J connectivity index is 1.96. The van der Waals surface area contributed by atoms with Crippen molar-refractivity contribution < 1.29 is 19.3 Å². The van der Waals surface area contributed by atoms with Gasteiger partial charge in [0.15, 0.2) is 23.0 Å². The van der Waals surface area contributed by atoms with E-state index < -0.39 is 0 Å². The van der Waals surface area contributed by atoms with Gasteiger partial charge >= 0.3 is 0 Å². The highest BCUT2D eigenvalue weighted by atomic mass is 16.5. The van der Waals surface area contributed by atoms with E-state index >= 15 is 0 Å². The molecule has 0 unspecified atom stereocenters. The fourth-order valence-electron chi connectivity index (χ4n) is 2.44. The van der Waals surface area contributed by atoms with E-state index in [4.69, 9.17) is 14.2 Å². The number of aromatic nitrogens is 4. The van der Waals surface area contributed by atoms with Crippen molar-refractivity contribution in [3.8, 4) is 23.0 Å². The monoisotopic (exact) mass is 331 g/mol. The molecule has 2 heterocycles. The number of phenols is 1. The Morgan fingerprint density at radius 1 is 1.08 bits per heavy atom. The molecule has 0 aliphatic rings. The number of nitrogens with one attached hydrogen (secondary N) is 2. The van der Waals surface area contributed by atoms with Gasteiger partial charge in [-0.1, -0.05) is 0 Å². The normalized spacial score (nSPS) is 10.6. The van der Waals surface area contributed by atoms with Gasteiger partial charge in [-0.2, -0.15) is 0 Å². The van der Waals surface area contributed by atoms with Crippen molar-refractivity contribution in [3.05, 3.63) is 24.3 Å². The largest absolute Gasteiger partial charge is 0.507 e. The third-order valence-corrected chi connectivity index (χ3v) is 3.56. The Morgan fingerprint density at radius 2 is 1.88 bits per heavy atom. The van der Waals surface area contributed by atoms with Gasteiger partial charge in [-0.3, -0.25) is 0 Å². The molecule has 3 aromatic rings. The summed E-state index contributed by atoms with van der Waals surface area (Å²) in [5.74, 6) is 1.76. The van der Waals surface area contributed by atoms with Gasteiger partial charge in [-0.15, -0.1) is 0 Å². The number of ether oxygens (including phenoxy) is 3. The Kier molecular flexibility index (Phi) is 4.23. The zero-order valence-corrected chi connectivity index (χ0v) is 13.5. The summed E-state index contributed by atoms with van der Waals surface area (Å²) in [5, 5.41) is 13.4. The zero-order chi connectivity index (χ0) is 17.1. The molecule has 0 spiro atoms. The molecule has 3 N–H and O–H groups in total. The quantitative estimate of drug-likeness (QED) is 0.625. The Labute approximate surface area is 137 Å². The predicted octanol–water partition coefficient (Wildman–Crippen LogP) is 1.70. The molecule has 0 saturated carbocycles. The van der Waals surface area contributed by atoms with E-state index in [-0.39, 0.29) is 12.3 Å². The van der Waals surface area contributed by atoms with E-state index in [2.05, 4.69) is 25.3 Å². The summed E-state index contributed by atoms with van der Waals surface area (Å²) in [7, 11) is 4.50. The van der Waals surface area contributed by atoms with Crippen molar-refractivity contribution in [3.63, 3.8) is 0 Å². The minimum absolute atomic E-state index is 0.0203. The van der Waals surface area contributed by atoms with Crippen molar-refractivity contribution in [2.45, 2.75) is 6.54 Å². The molecular weight excluding hydrogens is 314 g/mol. The number of aromatic hydroxyl groups is 1. The molecule has 1 aromatic carbocycles. The van der Waals surface area contributed by atoms with Gasteiger partial charge in [0.25, 0.3) is 0 Å². The first-order valence-electron chi connectivity index (χ1n) is 7.08. The molecule has 0 aliphatic heterocycles. The van der Waals surface area contributed by atoms with E-state index in [0.717, 1.165) is 0 Å². The lowest BCUT2D eigenvalue weighted by molar-refractivity contribution is 0.317. The first-order chi connectivity index (χ1) is 11.7. The SMILES string of the molecule is COc1cc(O)c(CNc2ncnc3nc[nH]c23)c(OC)c1OC. The lowest BCUT2D eigenvalue weighted by atomic mass is 10.1. The van der Waals surface area contributed by atoms with Gasteiger partial charge < -0.3 is 29.6 Å². The van der Waals surface area contributed by atoms with Crippen LogP contribution in [0.2, 0.25) is 0 Å². The number of benzene rings is 1. The number of rotatable bonds is 6. The van der Waals surface area contributed by atoms with Gasteiger partial charge in [0, 0.05) is 12.6 Å². The summed E-state index contributed by atoms with van der Waals surface area (Å²) in [5.41, 5.74) is 1.74. The highest BCUT2D eigenvalue weighted by Crippen LogP contribution is 2.44. The van der Waals surface area contributed by atoms with E-state index in [1.54, 1.807) is 6.33 Å². The second-order valence-corrected chi connectivity index (χ2v) is 4.82. The number of phenolic OH excluding ortho intramolecular Hbond substituents is 1. The van der Waals surface area contributed by atoms with E-state index in [9.17, 15) is 5.11 Å². The van der Waals surface area contributed by atoms with Crippen LogP contribution < -0.4 is 19.5 Å². The lowest BCUT2D eigenvalue weighted by Crippen LogP contribution is -2.06. The lowest BCUT2D eigenvalue weighted by Gasteiger charge is -2.17. The maximum Gasteiger partial charge on any atom is 0.203 e. The summed E-state index contributed by atoms with van der Waals surface area (Å²) >= 11 is 0. The van der Waals surface area contributed by atoms with Crippen LogP contribution in [0, 0.1) is 0 Å². The predicted molar refractivity (Wildman–Crippen MR) is 86.8 cm³/mol. The Hall–Kier alpha value is -3.23. The number of aromatic amines is 1. The molecule has 0 aliphatic carbocycles. The Morgan fingerprint density at radius 3 is 2.58 bits per heavy atom. The van der Waals surface area contributed by atoms with Crippen LogP contribution in [0.15, 0.2) is 18.7 Å². The van der Waals surface area contributed by atoms with Crippen molar-refractivity contribution in [2.75, 3.05) is 26.6 Å². The van der Waals surface area contributed by atoms with Crippen LogP contribution >= 0.6 is 0 Å². The molecule has 9 nitrogen and oxygen atoms in total. The van der Waals surface area contributed by atoms with Crippen molar-refractivity contribution in [1.82, 2.24) is 19.9 Å². The van der Waals surface area contributed by atoms with E-state index in [1.165, 1.54) is 33.7 Å². The summed E-state index contributed by atoms with van der Waals surface area (Å²) in [6, 6.07) is 1.48. The average molecular weight is 331 g/mol. The molecule has 126 valence electrons. The third-order valence-electron chi connectivity index (χ3n) is 3.56. The minimum Gasteiger partial charge on any atom is -0.507 e. The molecule has 3 rings (SSSR count). The maximum absolute atomic E-state index is 10.3. The molecule has 0 atom stereocenters. The van der Waals surface area contributed by atoms with Crippen LogP contribution in [0.4, 0.5) is 5.82 Å². The molecule has 2 aromatic heterocycles. The highest BCUT2D eigenvalue weighted by molar-refractivity contribution is 5.82. The molecule has 0 saturated heterocycles. The molecule has 0 radical (unpaired) electrons. The number of anilines is 1. The minimum atomic E-state index is 0.0203. The van der Waals surface area contributed by atoms with Crippen LogP contribution in [0.25, 0.3) is 11.2 Å². The van der Waals surface area contributed by atoms with Crippen molar-refractivity contribution >= 4 is 17.0 Å². The third kappa shape index (κ3) is 2.60. The van der Waals surface area contributed by atoms with Crippen LogP contribution in [0.5, 0.6) is 23.0 Å². The van der Waals surface area contributed by atoms with Gasteiger partial charge in [0.1, 0.15) is 17.6 Å². The van der Waals surface area contributed by atoms with Crippen LogP contribution in [0.1, 0.15) is 5.56 Å². The van der Waals surface area contributed by atoms with Crippen LogP contribution in [0.3, 0.4) is 0 Å². The van der Waals surface area contributed by atoms with Gasteiger partial charge in [0.2, 0.25) is 5.75 Å². The van der Waals surface area contributed by atoms with Crippen LogP contribution in [-0.2, 0) is 6.54 Å². The topological polar surface area (TPSA) is 114 Å². The molecule has 0 fully saturated rings. The van der Waals surface area contributed by atoms with Gasteiger partial charge in [-0.05, 0) is 0 Å². The van der Waals surface area contributed by atoms with Crippen LogP contribution in [-0.4, -0.2) is 46.4 Å². The van der Waals surface area contributed by atoms with E-state index in [0.29, 0.717) is 39.8 Å². The maximum atomic E-state index is 10.3. The second-order valence-electron chi connectivity index (χ2n) is 4.82. The Bertz CT molecular complexity index is 864. The summed E-state index contributed by atoms with van der Waals surface area (Å²) in [4.78, 5) is 15.3. The summed E-state index contributed by atoms with van der Waals surface area (Å²) in [6.45, 7) is 0.250. The zero-order valence-electron chi connectivity index (χ0n) is 13.5. The number of imidazole rings is 1. The first kappa shape index (κ1) is 15.7. The molecular formula is C15H17N5O4. The number of H-pyrrole nitrogens is 1. The van der Waals surface area contributed by atoms with Gasteiger partial charge in [0.05, 0.1) is 33.2 Å². The highest BCUT2D eigenvalue weighted by Gasteiger charge is 2.20.